The van der Waals surface area contributed by atoms with E-state index in [1.54, 1.807) is 21.8 Å². The molecule has 1 aliphatic rings. The van der Waals surface area contributed by atoms with Crippen molar-refractivity contribution in [2.75, 3.05) is 18.8 Å². The summed E-state index contributed by atoms with van der Waals surface area (Å²) in [6, 6.07) is 1.67. The third-order valence-electron chi connectivity index (χ3n) is 3.37. The average Bonchev–Trinajstić information content (AvgIpc) is 2.58. The number of anilines is 1. The fourth-order valence-electron chi connectivity index (χ4n) is 2.22. The minimum absolute atomic E-state index is 0.0239. The lowest BCUT2D eigenvalue weighted by Gasteiger charge is -2.22. The van der Waals surface area contributed by atoms with Gasteiger partial charge in [0.25, 0.3) is 0 Å². The van der Waals surface area contributed by atoms with E-state index in [2.05, 4.69) is 5.10 Å². The van der Waals surface area contributed by atoms with Gasteiger partial charge in [-0.3, -0.25) is 9.48 Å². The molecule has 1 fully saturated rings. The molecule has 18 heavy (non-hydrogen) atoms. The summed E-state index contributed by atoms with van der Waals surface area (Å²) in [5.41, 5.74) is 4.86. The number of nitrogens with zero attached hydrogens (tertiary/aromatic N) is 3. The molecule has 0 spiro atoms. The van der Waals surface area contributed by atoms with Gasteiger partial charge in [-0.15, -0.1) is 0 Å². The number of aliphatic hydroxyl groups is 1. The fraction of sp³-hybridized carbons (Fsp3) is 0.667. The predicted molar refractivity (Wildman–Crippen MR) is 67.7 cm³/mol. The van der Waals surface area contributed by atoms with E-state index >= 15 is 0 Å². The molecule has 0 bridgehead atoms. The Morgan fingerprint density at radius 3 is 3.00 bits per heavy atom. The van der Waals surface area contributed by atoms with Gasteiger partial charge in [-0.1, -0.05) is 0 Å². The molecule has 1 aromatic rings. The first-order chi connectivity index (χ1) is 8.46. The molecule has 2 rings (SSSR count). The number of carbonyl (C=O) groups excluding carboxylic acids is 1. The Hall–Kier alpha value is -1.56. The highest BCUT2D eigenvalue weighted by atomic mass is 16.3. The van der Waals surface area contributed by atoms with Gasteiger partial charge in [0, 0.05) is 19.3 Å². The van der Waals surface area contributed by atoms with Crippen LogP contribution in [0.2, 0.25) is 0 Å². The number of nitrogen functional groups attached to an aromatic ring is 1. The zero-order chi connectivity index (χ0) is 13.2. The molecule has 6 heteroatoms. The minimum Gasteiger partial charge on any atom is -0.390 e. The quantitative estimate of drug-likeness (QED) is 0.789. The third-order valence-corrected chi connectivity index (χ3v) is 3.37. The highest BCUT2D eigenvalue weighted by Gasteiger charge is 2.26. The molecule has 0 radical (unpaired) electrons. The van der Waals surface area contributed by atoms with Gasteiger partial charge in [0.2, 0.25) is 5.91 Å². The predicted octanol–water partition coefficient (Wildman–Crippen LogP) is 0.229. The Morgan fingerprint density at radius 2 is 2.33 bits per heavy atom. The van der Waals surface area contributed by atoms with Crippen molar-refractivity contribution >= 4 is 11.7 Å². The van der Waals surface area contributed by atoms with Crippen LogP contribution in [0.3, 0.4) is 0 Å². The lowest BCUT2D eigenvalue weighted by Crippen LogP contribution is -2.35. The summed E-state index contributed by atoms with van der Waals surface area (Å²) in [6.07, 6.45) is 3.90. The van der Waals surface area contributed by atoms with E-state index in [4.69, 9.17) is 5.73 Å². The van der Waals surface area contributed by atoms with E-state index in [1.165, 1.54) is 0 Å². The van der Waals surface area contributed by atoms with Crippen molar-refractivity contribution < 1.29 is 9.90 Å². The minimum atomic E-state index is -0.648. The molecule has 3 N–H and O–H groups in total. The molecule has 1 aromatic heterocycles. The zero-order valence-corrected chi connectivity index (χ0v) is 10.7. The van der Waals surface area contributed by atoms with Crippen LogP contribution >= 0.6 is 0 Å². The summed E-state index contributed by atoms with van der Waals surface area (Å²) in [6.45, 7) is 3.34. The third kappa shape index (κ3) is 3.22. The highest BCUT2D eigenvalue weighted by Crippen LogP contribution is 2.21. The van der Waals surface area contributed by atoms with Crippen LogP contribution in [0, 0.1) is 0 Å². The summed E-state index contributed by atoms with van der Waals surface area (Å²) in [5.74, 6) is 0.442. The number of hydrogen-bond donors (Lipinski definition) is 2. The van der Waals surface area contributed by atoms with Gasteiger partial charge in [-0.2, -0.15) is 5.10 Å². The van der Waals surface area contributed by atoms with E-state index in [1.807, 2.05) is 6.92 Å². The molecule has 6 nitrogen and oxygen atoms in total. The van der Waals surface area contributed by atoms with Gasteiger partial charge in [-0.25, -0.2) is 0 Å². The maximum atomic E-state index is 12.1. The summed E-state index contributed by atoms with van der Waals surface area (Å²) >= 11 is 0. The van der Waals surface area contributed by atoms with E-state index in [-0.39, 0.29) is 12.5 Å². The van der Waals surface area contributed by atoms with Gasteiger partial charge in [0.1, 0.15) is 12.4 Å². The van der Waals surface area contributed by atoms with Crippen LogP contribution in [0.1, 0.15) is 26.2 Å². The largest absolute Gasteiger partial charge is 0.390 e. The monoisotopic (exact) mass is 252 g/mol. The van der Waals surface area contributed by atoms with Gasteiger partial charge >= 0.3 is 0 Å². The fourth-order valence-corrected chi connectivity index (χ4v) is 2.22. The molecule has 1 unspecified atom stereocenters. The van der Waals surface area contributed by atoms with Gasteiger partial charge in [0.05, 0.1) is 5.60 Å². The van der Waals surface area contributed by atoms with Crippen molar-refractivity contribution in [3.63, 3.8) is 0 Å². The molecule has 0 aliphatic carbocycles. The normalized spacial score (nSPS) is 24.9. The molecule has 2 heterocycles. The number of likely N-dealkylation sites (tertiary alicyclic amines) is 1. The number of amides is 1. The smallest absolute Gasteiger partial charge is 0.244 e. The molecular weight excluding hydrogens is 232 g/mol. The number of rotatable bonds is 2. The Kier molecular flexibility index (Phi) is 3.56. The SMILES string of the molecule is CC1(O)CCCN(C(=O)Cn2ccc(N)n2)CC1. The van der Waals surface area contributed by atoms with Crippen molar-refractivity contribution in [2.45, 2.75) is 38.3 Å². The first kappa shape index (κ1) is 12.9. The Balaban J connectivity index is 1.93. The lowest BCUT2D eigenvalue weighted by molar-refractivity contribution is -0.132. The van der Waals surface area contributed by atoms with E-state index < -0.39 is 5.60 Å². The topological polar surface area (TPSA) is 84.4 Å². The van der Waals surface area contributed by atoms with Crippen LogP contribution in [0.5, 0.6) is 0 Å². The Bertz CT molecular complexity index is 427. The Morgan fingerprint density at radius 1 is 1.56 bits per heavy atom. The number of hydrogen-bond acceptors (Lipinski definition) is 4. The number of carbonyl (C=O) groups is 1. The summed E-state index contributed by atoms with van der Waals surface area (Å²) in [5, 5.41) is 14.0. The van der Waals surface area contributed by atoms with Crippen LogP contribution in [-0.2, 0) is 11.3 Å². The molecule has 1 aliphatic heterocycles. The molecule has 0 saturated carbocycles. The van der Waals surface area contributed by atoms with Crippen molar-refractivity contribution in [3.8, 4) is 0 Å². The van der Waals surface area contributed by atoms with E-state index in [9.17, 15) is 9.90 Å². The number of nitrogens with two attached hydrogens (primary N) is 1. The lowest BCUT2D eigenvalue weighted by atomic mass is 9.98. The summed E-state index contributed by atoms with van der Waals surface area (Å²) in [7, 11) is 0. The molecule has 1 saturated heterocycles. The van der Waals surface area contributed by atoms with Crippen molar-refractivity contribution in [2.24, 2.45) is 0 Å². The maximum Gasteiger partial charge on any atom is 0.244 e. The maximum absolute atomic E-state index is 12.1. The van der Waals surface area contributed by atoms with Crippen LogP contribution in [0.15, 0.2) is 12.3 Å². The van der Waals surface area contributed by atoms with Crippen molar-refractivity contribution in [1.82, 2.24) is 14.7 Å². The molecule has 0 aromatic carbocycles. The highest BCUT2D eigenvalue weighted by molar-refractivity contribution is 5.76. The molecule has 1 atom stereocenters. The van der Waals surface area contributed by atoms with Crippen molar-refractivity contribution in [3.05, 3.63) is 12.3 Å². The number of aromatic nitrogens is 2. The average molecular weight is 252 g/mol. The summed E-state index contributed by atoms with van der Waals surface area (Å²) < 4.78 is 1.54. The van der Waals surface area contributed by atoms with Crippen molar-refractivity contribution in [1.29, 1.82) is 0 Å². The standard InChI is InChI=1S/C12H20N4O2/c1-12(18)4-2-6-15(8-5-12)11(17)9-16-7-3-10(13)14-16/h3,7,18H,2,4-6,8-9H2,1H3,(H2,13,14). The Labute approximate surface area is 106 Å². The summed E-state index contributed by atoms with van der Waals surface area (Å²) in [4.78, 5) is 13.9. The van der Waals surface area contributed by atoms with Gasteiger partial charge in [0.15, 0.2) is 0 Å². The molecular formula is C12H20N4O2. The molecule has 1 amide bonds. The van der Waals surface area contributed by atoms with E-state index in [0.717, 1.165) is 12.8 Å². The molecule has 100 valence electrons. The van der Waals surface area contributed by atoms with Crippen LogP contribution in [0.25, 0.3) is 0 Å². The second kappa shape index (κ2) is 4.97. The van der Waals surface area contributed by atoms with Gasteiger partial charge < -0.3 is 15.7 Å². The first-order valence-electron chi connectivity index (χ1n) is 6.25. The van der Waals surface area contributed by atoms with Gasteiger partial charge in [-0.05, 0) is 32.3 Å². The second-order valence-corrected chi connectivity index (χ2v) is 5.17. The van der Waals surface area contributed by atoms with Crippen LogP contribution in [-0.4, -0.2) is 44.4 Å². The zero-order valence-electron chi connectivity index (χ0n) is 10.7. The first-order valence-corrected chi connectivity index (χ1v) is 6.25. The van der Waals surface area contributed by atoms with E-state index in [0.29, 0.717) is 25.3 Å². The van der Waals surface area contributed by atoms with Crippen LogP contribution < -0.4 is 5.73 Å². The second-order valence-electron chi connectivity index (χ2n) is 5.17. The van der Waals surface area contributed by atoms with Crippen LogP contribution in [0.4, 0.5) is 5.82 Å².